The Bertz CT molecular complexity index is 1270. The van der Waals surface area contributed by atoms with E-state index in [1.807, 2.05) is 48.5 Å². The Balaban J connectivity index is 1.57. The van der Waals surface area contributed by atoms with Crippen LogP contribution in [0.15, 0.2) is 60.1 Å². The van der Waals surface area contributed by atoms with E-state index in [4.69, 9.17) is 15.2 Å². The molecule has 0 spiro atoms. The monoisotopic (exact) mass is 565 g/mol. The van der Waals surface area contributed by atoms with Gasteiger partial charge in [0.25, 0.3) is 0 Å². The Morgan fingerprint density at radius 3 is 2.52 bits per heavy atom. The first-order valence-electron chi connectivity index (χ1n) is 13.6. The summed E-state index contributed by atoms with van der Waals surface area (Å²) in [4.78, 5) is 35.2. The summed E-state index contributed by atoms with van der Waals surface area (Å²) in [5.41, 5.74) is 6.58. The summed E-state index contributed by atoms with van der Waals surface area (Å²) in [6.07, 6.45) is 1.48. The molecule has 2 heterocycles. The SMILES string of the molecule is CC(C)N(CCNC(=O)C1c2ccc(Oc3ccccc3)cc2CCN1C(=O)OC(C)(N)c1nccs1)C(C)C. The highest BCUT2D eigenvalue weighted by molar-refractivity contribution is 7.09. The molecule has 0 bridgehead atoms. The van der Waals surface area contributed by atoms with Gasteiger partial charge < -0.3 is 14.8 Å². The number of hydrogen-bond acceptors (Lipinski definition) is 8. The Hall–Kier alpha value is -3.47. The van der Waals surface area contributed by atoms with E-state index in [1.165, 1.54) is 16.2 Å². The lowest BCUT2D eigenvalue weighted by molar-refractivity contribution is -0.127. The molecule has 3 aromatic rings. The number of para-hydroxylation sites is 1. The molecule has 3 N–H and O–H groups in total. The maximum Gasteiger partial charge on any atom is 0.412 e. The second-order valence-corrected chi connectivity index (χ2v) is 11.5. The highest BCUT2D eigenvalue weighted by atomic mass is 32.1. The number of nitrogens with one attached hydrogen (secondary N) is 1. The quantitative estimate of drug-likeness (QED) is 0.332. The molecule has 1 aromatic heterocycles. The molecule has 2 amide bonds. The van der Waals surface area contributed by atoms with Crippen molar-refractivity contribution in [1.82, 2.24) is 20.1 Å². The van der Waals surface area contributed by atoms with E-state index in [-0.39, 0.29) is 12.5 Å². The number of amides is 2. The Labute approximate surface area is 240 Å². The first-order valence-corrected chi connectivity index (χ1v) is 14.5. The van der Waals surface area contributed by atoms with Gasteiger partial charge in [-0.15, -0.1) is 11.3 Å². The first kappa shape index (κ1) is 29.5. The number of hydrogen-bond donors (Lipinski definition) is 2. The average Bonchev–Trinajstić information content (AvgIpc) is 3.46. The molecule has 214 valence electrons. The van der Waals surface area contributed by atoms with Gasteiger partial charge in [0, 0.05) is 43.3 Å². The maximum atomic E-state index is 13.7. The number of ether oxygens (including phenoxy) is 2. The fourth-order valence-electron chi connectivity index (χ4n) is 5.04. The number of fused-ring (bicyclic) bond motifs is 1. The zero-order valence-electron chi connectivity index (χ0n) is 23.8. The second kappa shape index (κ2) is 12.8. The summed E-state index contributed by atoms with van der Waals surface area (Å²) in [6.45, 7) is 11.6. The van der Waals surface area contributed by atoms with Crippen LogP contribution in [0, 0.1) is 0 Å². The van der Waals surface area contributed by atoms with E-state index < -0.39 is 17.9 Å². The molecule has 0 saturated heterocycles. The van der Waals surface area contributed by atoms with Crippen LogP contribution in [0.2, 0.25) is 0 Å². The number of nitrogens with two attached hydrogens (primary N) is 1. The third-order valence-electron chi connectivity index (χ3n) is 6.96. The molecule has 1 aliphatic heterocycles. The molecule has 0 radical (unpaired) electrons. The van der Waals surface area contributed by atoms with E-state index in [0.29, 0.717) is 42.4 Å². The number of aromatic nitrogens is 1. The van der Waals surface area contributed by atoms with Gasteiger partial charge in [0.2, 0.25) is 11.6 Å². The van der Waals surface area contributed by atoms with E-state index in [9.17, 15) is 9.59 Å². The Morgan fingerprint density at radius 2 is 1.88 bits per heavy atom. The standard InChI is InChI=1S/C30H39N5O4S/c1-20(2)34(21(3)4)17-14-32-27(36)26-25-12-11-24(38-23-9-7-6-8-10-23)19-22(25)13-16-35(26)29(37)39-30(5,31)28-33-15-18-40-28/h6-12,15,18-21,26H,13-14,16-17,31H2,1-5H3,(H,32,36). The molecular formula is C30H39N5O4S. The number of nitrogens with zero attached hydrogens (tertiary/aromatic N) is 3. The molecule has 1 aliphatic rings. The summed E-state index contributed by atoms with van der Waals surface area (Å²) < 4.78 is 11.7. The van der Waals surface area contributed by atoms with Crippen LogP contribution < -0.4 is 15.8 Å². The van der Waals surface area contributed by atoms with Crippen LogP contribution in [-0.2, 0) is 21.7 Å². The molecule has 0 fully saturated rings. The van der Waals surface area contributed by atoms with Crippen molar-refractivity contribution in [3.8, 4) is 11.5 Å². The van der Waals surface area contributed by atoms with E-state index in [1.54, 1.807) is 18.5 Å². The third-order valence-corrected chi connectivity index (χ3v) is 7.95. The fraction of sp³-hybridized carbons (Fsp3) is 0.433. The minimum atomic E-state index is -1.42. The van der Waals surface area contributed by atoms with Crippen molar-refractivity contribution >= 4 is 23.3 Å². The topological polar surface area (TPSA) is 110 Å². The van der Waals surface area contributed by atoms with Gasteiger partial charge in [-0.05, 0) is 76.4 Å². The minimum Gasteiger partial charge on any atom is -0.457 e. The van der Waals surface area contributed by atoms with Gasteiger partial charge in [0.1, 0.15) is 17.5 Å². The van der Waals surface area contributed by atoms with E-state index in [2.05, 4.69) is 42.9 Å². The number of thiazole rings is 1. The summed E-state index contributed by atoms with van der Waals surface area (Å²) in [6, 6.07) is 14.9. The van der Waals surface area contributed by atoms with Gasteiger partial charge in [-0.3, -0.25) is 20.3 Å². The lowest BCUT2D eigenvalue weighted by Gasteiger charge is -2.37. The molecule has 9 nitrogen and oxygen atoms in total. The van der Waals surface area contributed by atoms with Crippen molar-refractivity contribution in [2.24, 2.45) is 5.73 Å². The van der Waals surface area contributed by atoms with Crippen LogP contribution in [0.3, 0.4) is 0 Å². The van der Waals surface area contributed by atoms with Gasteiger partial charge in [0.15, 0.2) is 5.01 Å². The fourth-order valence-corrected chi connectivity index (χ4v) is 5.69. The first-order chi connectivity index (χ1) is 19.1. The lowest BCUT2D eigenvalue weighted by Crippen LogP contribution is -2.51. The van der Waals surface area contributed by atoms with Crippen LogP contribution in [0.25, 0.3) is 0 Å². The van der Waals surface area contributed by atoms with Gasteiger partial charge in [0.05, 0.1) is 0 Å². The van der Waals surface area contributed by atoms with Gasteiger partial charge in [-0.25, -0.2) is 9.78 Å². The van der Waals surface area contributed by atoms with Crippen molar-refractivity contribution in [3.63, 3.8) is 0 Å². The van der Waals surface area contributed by atoms with Crippen LogP contribution >= 0.6 is 11.3 Å². The number of carbonyl (C=O) groups excluding carboxylic acids is 2. The summed E-state index contributed by atoms with van der Waals surface area (Å²) >= 11 is 1.30. The lowest BCUT2D eigenvalue weighted by atomic mass is 9.92. The number of rotatable bonds is 10. The normalized spacial score (nSPS) is 16.5. The average molecular weight is 566 g/mol. The molecule has 40 heavy (non-hydrogen) atoms. The Kier molecular flexibility index (Phi) is 9.44. The zero-order chi connectivity index (χ0) is 28.9. The number of benzene rings is 2. The van der Waals surface area contributed by atoms with Crippen molar-refractivity contribution in [2.75, 3.05) is 19.6 Å². The predicted octanol–water partition coefficient (Wildman–Crippen LogP) is 5.04. The van der Waals surface area contributed by atoms with Crippen LogP contribution in [0.1, 0.15) is 56.8 Å². The summed E-state index contributed by atoms with van der Waals surface area (Å²) in [5, 5.41) is 5.31. The molecule has 2 atom stereocenters. The summed E-state index contributed by atoms with van der Waals surface area (Å²) in [5.74, 6) is 1.13. The van der Waals surface area contributed by atoms with Crippen molar-refractivity contribution in [1.29, 1.82) is 0 Å². The maximum absolute atomic E-state index is 13.7. The Morgan fingerprint density at radius 1 is 1.15 bits per heavy atom. The van der Waals surface area contributed by atoms with Crippen molar-refractivity contribution < 1.29 is 19.1 Å². The van der Waals surface area contributed by atoms with Gasteiger partial charge in [-0.2, -0.15) is 0 Å². The predicted molar refractivity (Wildman–Crippen MR) is 156 cm³/mol. The largest absolute Gasteiger partial charge is 0.457 e. The molecular weight excluding hydrogens is 526 g/mol. The minimum absolute atomic E-state index is 0.268. The molecule has 4 rings (SSSR count). The van der Waals surface area contributed by atoms with Crippen molar-refractivity contribution in [2.45, 2.75) is 64.9 Å². The van der Waals surface area contributed by atoms with Crippen LogP contribution in [0.5, 0.6) is 11.5 Å². The smallest absolute Gasteiger partial charge is 0.412 e. The highest BCUT2D eigenvalue weighted by Gasteiger charge is 2.40. The molecule has 2 unspecified atom stereocenters. The van der Waals surface area contributed by atoms with E-state index >= 15 is 0 Å². The van der Waals surface area contributed by atoms with Gasteiger partial charge in [-0.1, -0.05) is 24.3 Å². The molecule has 0 saturated carbocycles. The van der Waals surface area contributed by atoms with Gasteiger partial charge >= 0.3 is 6.09 Å². The summed E-state index contributed by atoms with van der Waals surface area (Å²) in [7, 11) is 0. The highest BCUT2D eigenvalue weighted by Crippen LogP contribution is 2.35. The molecule has 0 aliphatic carbocycles. The number of carbonyl (C=O) groups is 2. The molecule has 10 heteroatoms. The molecule has 2 aromatic carbocycles. The van der Waals surface area contributed by atoms with Crippen molar-refractivity contribution in [3.05, 3.63) is 76.2 Å². The van der Waals surface area contributed by atoms with Crippen LogP contribution in [-0.4, -0.2) is 58.5 Å². The van der Waals surface area contributed by atoms with E-state index in [0.717, 1.165) is 16.9 Å². The second-order valence-electron chi connectivity index (χ2n) is 10.7. The van der Waals surface area contributed by atoms with Crippen LogP contribution in [0.4, 0.5) is 4.79 Å². The third kappa shape index (κ3) is 6.99. The zero-order valence-corrected chi connectivity index (χ0v) is 24.6.